The molecule has 1 N–H and O–H groups in total. The first-order chi connectivity index (χ1) is 8.76. The number of hydrogen-bond acceptors (Lipinski definition) is 2. The Kier molecular flexibility index (Phi) is 7.51. The number of hydrogen-bond donors (Lipinski definition) is 1. The van der Waals surface area contributed by atoms with E-state index in [-0.39, 0.29) is 0 Å². The third kappa shape index (κ3) is 6.06. The van der Waals surface area contributed by atoms with Crippen molar-refractivity contribution in [3.63, 3.8) is 0 Å². The number of unbranched alkanes of at least 4 members (excludes halogenated alkanes) is 3. The van der Waals surface area contributed by atoms with Crippen LogP contribution in [0.2, 0.25) is 0 Å². The summed E-state index contributed by atoms with van der Waals surface area (Å²) in [5.74, 6) is 0.993. The van der Waals surface area contributed by atoms with E-state index in [2.05, 4.69) is 43.4 Å². The highest BCUT2D eigenvalue weighted by molar-refractivity contribution is 5.27. The predicted molar refractivity (Wildman–Crippen MR) is 78.3 cm³/mol. The van der Waals surface area contributed by atoms with Crippen molar-refractivity contribution in [2.75, 3.05) is 13.7 Å². The zero-order chi connectivity index (χ0) is 13.2. The predicted octanol–water partition coefficient (Wildman–Crippen LogP) is 3.80. The lowest BCUT2D eigenvalue weighted by Gasteiger charge is -2.11. The molecule has 1 atom stereocenters. The van der Waals surface area contributed by atoms with Crippen molar-refractivity contribution in [2.45, 2.75) is 52.0 Å². The lowest BCUT2D eigenvalue weighted by molar-refractivity contribution is 0.305. The fraction of sp³-hybridized carbons (Fsp3) is 0.625. The number of likely N-dealkylation sites (N-methyl/N-ethyl adjacent to an activating group) is 1. The molecule has 0 aliphatic heterocycles. The van der Waals surface area contributed by atoms with E-state index in [1.807, 2.05) is 7.05 Å². The summed E-state index contributed by atoms with van der Waals surface area (Å²) in [6, 6.07) is 9.00. The highest BCUT2D eigenvalue weighted by Gasteiger charge is 2.01. The summed E-state index contributed by atoms with van der Waals surface area (Å²) in [5.41, 5.74) is 1.36. The van der Waals surface area contributed by atoms with Gasteiger partial charge in [-0.1, -0.05) is 38.3 Å². The number of nitrogens with one attached hydrogen (secondary N) is 1. The molecule has 0 bridgehead atoms. The van der Waals surface area contributed by atoms with Gasteiger partial charge in [0, 0.05) is 6.04 Å². The van der Waals surface area contributed by atoms with Crippen molar-refractivity contribution in [2.24, 2.45) is 0 Å². The molecule has 0 spiro atoms. The molecule has 1 unspecified atom stereocenters. The fourth-order valence-corrected chi connectivity index (χ4v) is 1.90. The molecule has 0 saturated carbocycles. The van der Waals surface area contributed by atoms with Crippen molar-refractivity contribution in [3.8, 4) is 5.75 Å². The molecule has 2 nitrogen and oxygen atoms in total. The van der Waals surface area contributed by atoms with Crippen LogP contribution in [0, 0.1) is 0 Å². The highest BCUT2D eigenvalue weighted by atomic mass is 16.5. The van der Waals surface area contributed by atoms with E-state index in [0.717, 1.165) is 25.2 Å². The van der Waals surface area contributed by atoms with E-state index < -0.39 is 0 Å². The molecule has 1 aromatic carbocycles. The van der Waals surface area contributed by atoms with Crippen LogP contribution < -0.4 is 10.1 Å². The first-order valence-electron chi connectivity index (χ1n) is 7.15. The van der Waals surface area contributed by atoms with Crippen LogP contribution in [0.1, 0.15) is 45.1 Å². The molecule has 0 fully saturated rings. The Morgan fingerprint density at radius 3 is 2.44 bits per heavy atom. The van der Waals surface area contributed by atoms with E-state index >= 15 is 0 Å². The largest absolute Gasteiger partial charge is 0.494 e. The summed E-state index contributed by atoms with van der Waals surface area (Å²) in [5, 5.41) is 3.25. The van der Waals surface area contributed by atoms with Gasteiger partial charge in [-0.2, -0.15) is 0 Å². The molecule has 0 radical (unpaired) electrons. The Bertz CT molecular complexity index is 307. The topological polar surface area (TPSA) is 21.3 Å². The van der Waals surface area contributed by atoms with E-state index in [1.54, 1.807) is 0 Å². The second-order valence-electron chi connectivity index (χ2n) is 4.95. The standard InChI is InChI=1S/C16H27NO/c1-4-5-6-7-12-18-16-10-8-15(9-11-16)13-14(2)17-3/h8-11,14,17H,4-7,12-13H2,1-3H3. The second-order valence-corrected chi connectivity index (χ2v) is 4.95. The summed E-state index contributed by atoms with van der Waals surface area (Å²) in [7, 11) is 2.00. The summed E-state index contributed by atoms with van der Waals surface area (Å²) < 4.78 is 5.72. The SMILES string of the molecule is CCCCCCOc1ccc(CC(C)NC)cc1. The molecular weight excluding hydrogens is 222 g/mol. The van der Waals surface area contributed by atoms with Crippen molar-refractivity contribution in [1.82, 2.24) is 5.32 Å². The molecule has 0 heterocycles. The smallest absolute Gasteiger partial charge is 0.119 e. The van der Waals surface area contributed by atoms with Crippen molar-refractivity contribution < 1.29 is 4.74 Å². The fourth-order valence-electron chi connectivity index (χ4n) is 1.90. The molecule has 0 saturated heterocycles. The lowest BCUT2D eigenvalue weighted by Crippen LogP contribution is -2.23. The van der Waals surface area contributed by atoms with E-state index in [9.17, 15) is 0 Å². The molecule has 1 aromatic rings. The van der Waals surface area contributed by atoms with Gasteiger partial charge >= 0.3 is 0 Å². The van der Waals surface area contributed by atoms with E-state index in [0.29, 0.717) is 6.04 Å². The van der Waals surface area contributed by atoms with Gasteiger partial charge in [-0.15, -0.1) is 0 Å². The normalized spacial score (nSPS) is 12.4. The third-order valence-corrected chi connectivity index (χ3v) is 3.22. The minimum absolute atomic E-state index is 0.519. The van der Waals surface area contributed by atoms with Crippen LogP contribution in [0.5, 0.6) is 5.75 Å². The first kappa shape index (κ1) is 15.0. The molecule has 2 heteroatoms. The van der Waals surface area contributed by atoms with E-state index in [1.165, 1.54) is 24.8 Å². The Balaban J connectivity index is 2.27. The second kappa shape index (κ2) is 8.98. The number of ether oxygens (including phenoxy) is 1. The molecule has 0 aliphatic rings. The molecule has 0 amide bonds. The van der Waals surface area contributed by atoms with Gasteiger partial charge in [-0.25, -0.2) is 0 Å². The quantitative estimate of drug-likeness (QED) is 0.672. The van der Waals surface area contributed by atoms with Crippen LogP contribution in [0.25, 0.3) is 0 Å². The van der Waals surface area contributed by atoms with Gasteiger partial charge in [0.15, 0.2) is 0 Å². The average Bonchev–Trinajstić information content (AvgIpc) is 2.40. The van der Waals surface area contributed by atoms with Gasteiger partial charge in [0.1, 0.15) is 5.75 Å². The van der Waals surface area contributed by atoms with Gasteiger partial charge in [-0.05, 0) is 44.5 Å². The van der Waals surface area contributed by atoms with Crippen LogP contribution >= 0.6 is 0 Å². The minimum atomic E-state index is 0.519. The Morgan fingerprint density at radius 1 is 1.11 bits per heavy atom. The molecule has 0 aliphatic carbocycles. The first-order valence-corrected chi connectivity index (χ1v) is 7.15. The maximum absolute atomic E-state index is 5.72. The van der Waals surface area contributed by atoms with Crippen molar-refractivity contribution in [3.05, 3.63) is 29.8 Å². The zero-order valence-electron chi connectivity index (χ0n) is 12.0. The van der Waals surface area contributed by atoms with Crippen LogP contribution in [0.3, 0.4) is 0 Å². The van der Waals surface area contributed by atoms with Gasteiger partial charge in [-0.3, -0.25) is 0 Å². The molecule has 1 rings (SSSR count). The molecular formula is C16H27NO. The third-order valence-electron chi connectivity index (χ3n) is 3.22. The monoisotopic (exact) mass is 249 g/mol. The molecule has 18 heavy (non-hydrogen) atoms. The minimum Gasteiger partial charge on any atom is -0.494 e. The van der Waals surface area contributed by atoms with Gasteiger partial charge in [0.2, 0.25) is 0 Å². The van der Waals surface area contributed by atoms with Gasteiger partial charge in [0.25, 0.3) is 0 Å². The van der Waals surface area contributed by atoms with Crippen LogP contribution in [0.4, 0.5) is 0 Å². The lowest BCUT2D eigenvalue weighted by atomic mass is 10.1. The van der Waals surface area contributed by atoms with Crippen LogP contribution in [-0.2, 0) is 6.42 Å². The number of rotatable bonds is 9. The average molecular weight is 249 g/mol. The maximum atomic E-state index is 5.72. The molecule has 0 aromatic heterocycles. The highest BCUT2D eigenvalue weighted by Crippen LogP contribution is 2.14. The van der Waals surface area contributed by atoms with Gasteiger partial charge in [0.05, 0.1) is 6.61 Å². The zero-order valence-corrected chi connectivity index (χ0v) is 12.0. The van der Waals surface area contributed by atoms with Crippen LogP contribution in [0.15, 0.2) is 24.3 Å². The Labute approximate surface area is 112 Å². The summed E-state index contributed by atoms with van der Waals surface area (Å²) >= 11 is 0. The summed E-state index contributed by atoms with van der Waals surface area (Å²) in [4.78, 5) is 0. The van der Waals surface area contributed by atoms with E-state index in [4.69, 9.17) is 4.74 Å². The van der Waals surface area contributed by atoms with Crippen LogP contribution in [-0.4, -0.2) is 19.7 Å². The van der Waals surface area contributed by atoms with Gasteiger partial charge < -0.3 is 10.1 Å². The van der Waals surface area contributed by atoms with Crippen molar-refractivity contribution in [1.29, 1.82) is 0 Å². The van der Waals surface area contributed by atoms with Crippen molar-refractivity contribution >= 4 is 0 Å². The number of benzene rings is 1. The maximum Gasteiger partial charge on any atom is 0.119 e. The summed E-state index contributed by atoms with van der Waals surface area (Å²) in [6.45, 7) is 5.26. The molecule has 102 valence electrons. The Morgan fingerprint density at radius 2 is 1.83 bits per heavy atom. The summed E-state index contributed by atoms with van der Waals surface area (Å²) in [6.07, 6.45) is 6.08. The Hall–Kier alpha value is -1.02.